The molecule has 9 nitrogen and oxygen atoms in total. The highest BCUT2D eigenvalue weighted by Gasteiger charge is 2.38. The number of hydrogen-bond donors (Lipinski definition) is 2. The Balaban J connectivity index is 1.48. The van der Waals surface area contributed by atoms with E-state index in [-0.39, 0.29) is 38.3 Å². The molecule has 0 unspecified atom stereocenters. The molecular formula is C18H22F2N6O3. The maximum absolute atomic E-state index is 13.4. The van der Waals surface area contributed by atoms with E-state index < -0.39 is 18.1 Å². The van der Waals surface area contributed by atoms with E-state index in [0.29, 0.717) is 31.0 Å². The number of carboxylic acid groups (broad SMARTS) is 1. The fraction of sp³-hybridized carbons (Fsp3) is 0.556. The number of amides is 3. The van der Waals surface area contributed by atoms with Crippen LogP contribution in [0.15, 0.2) is 18.5 Å². The van der Waals surface area contributed by atoms with Crippen LogP contribution in [0.5, 0.6) is 0 Å². The quantitative estimate of drug-likeness (QED) is 0.790. The molecule has 1 aliphatic carbocycles. The normalized spacial score (nSPS) is 19.5. The van der Waals surface area contributed by atoms with Crippen molar-refractivity contribution in [3.05, 3.63) is 29.7 Å². The molecule has 2 aromatic rings. The summed E-state index contributed by atoms with van der Waals surface area (Å²) in [7, 11) is 0. The van der Waals surface area contributed by atoms with Gasteiger partial charge in [-0.2, -0.15) is 5.10 Å². The summed E-state index contributed by atoms with van der Waals surface area (Å²) in [6, 6.07) is 1.23. The predicted molar refractivity (Wildman–Crippen MR) is 97.6 cm³/mol. The van der Waals surface area contributed by atoms with Crippen LogP contribution < -0.4 is 5.32 Å². The van der Waals surface area contributed by atoms with E-state index >= 15 is 0 Å². The molecule has 0 bridgehead atoms. The van der Waals surface area contributed by atoms with E-state index in [4.69, 9.17) is 0 Å². The largest absolute Gasteiger partial charge is 0.465 e. The lowest BCUT2D eigenvalue weighted by atomic mass is 9.91. The summed E-state index contributed by atoms with van der Waals surface area (Å²) in [5.74, 6) is -2.71. The Bertz CT molecular complexity index is 923. The molecule has 2 aliphatic rings. The van der Waals surface area contributed by atoms with Gasteiger partial charge in [-0.05, 0) is 24.5 Å². The molecule has 156 valence electrons. The zero-order valence-corrected chi connectivity index (χ0v) is 15.7. The second kappa shape index (κ2) is 7.45. The average molecular weight is 408 g/mol. The second-order valence-electron chi connectivity index (χ2n) is 7.55. The molecule has 0 radical (unpaired) electrons. The maximum atomic E-state index is 13.4. The number of urea groups is 1. The Morgan fingerprint density at radius 2 is 2.14 bits per heavy atom. The van der Waals surface area contributed by atoms with Crippen LogP contribution in [-0.4, -0.2) is 66.7 Å². The van der Waals surface area contributed by atoms with E-state index in [1.165, 1.54) is 9.42 Å². The number of aromatic nitrogens is 3. The molecule has 0 atom stereocenters. The number of fused-ring (bicyclic) bond motifs is 1. The predicted octanol–water partition coefficient (Wildman–Crippen LogP) is 2.31. The van der Waals surface area contributed by atoms with Crippen LogP contribution >= 0.6 is 0 Å². The summed E-state index contributed by atoms with van der Waals surface area (Å²) in [6.07, 6.45) is 1.78. The van der Waals surface area contributed by atoms with Gasteiger partial charge in [-0.25, -0.2) is 27.9 Å². The maximum Gasteiger partial charge on any atom is 0.407 e. The molecule has 2 N–H and O–H groups in total. The van der Waals surface area contributed by atoms with E-state index in [9.17, 15) is 23.5 Å². The number of halogens is 2. The Labute approximate surface area is 165 Å². The number of carbonyl (C=O) groups is 2. The molecule has 1 aliphatic heterocycles. The second-order valence-corrected chi connectivity index (χ2v) is 7.55. The Morgan fingerprint density at radius 3 is 2.79 bits per heavy atom. The van der Waals surface area contributed by atoms with Gasteiger partial charge in [0.1, 0.15) is 0 Å². The summed E-state index contributed by atoms with van der Waals surface area (Å²) < 4.78 is 28.3. The van der Waals surface area contributed by atoms with Gasteiger partial charge >= 0.3 is 12.1 Å². The van der Waals surface area contributed by atoms with Crippen molar-refractivity contribution in [2.24, 2.45) is 0 Å². The van der Waals surface area contributed by atoms with Gasteiger partial charge in [0.15, 0.2) is 5.65 Å². The van der Waals surface area contributed by atoms with Gasteiger partial charge in [-0.1, -0.05) is 0 Å². The molecule has 4 rings (SSSR count). The number of rotatable bonds is 5. The van der Waals surface area contributed by atoms with Gasteiger partial charge in [0.05, 0.1) is 24.6 Å². The Morgan fingerprint density at radius 1 is 1.38 bits per heavy atom. The lowest BCUT2D eigenvalue weighted by Crippen LogP contribution is -2.43. The van der Waals surface area contributed by atoms with Crippen LogP contribution in [0.4, 0.5) is 18.4 Å². The fourth-order valence-corrected chi connectivity index (χ4v) is 3.87. The van der Waals surface area contributed by atoms with Crippen molar-refractivity contribution >= 4 is 17.8 Å². The Kier molecular flexibility index (Phi) is 4.97. The Hall–Kier alpha value is -2.98. The average Bonchev–Trinajstić information content (AvgIpc) is 3.25. The van der Waals surface area contributed by atoms with Crippen LogP contribution in [0, 0.1) is 0 Å². The first-order chi connectivity index (χ1) is 13.8. The number of hydrogen-bond acceptors (Lipinski definition) is 4. The molecule has 2 fully saturated rings. The highest BCUT2D eigenvalue weighted by atomic mass is 19.3. The molecule has 1 saturated carbocycles. The first-order valence-electron chi connectivity index (χ1n) is 9.54. The highest BCUT2D eigenvalue weighted by molar-refractivity contribution is 5.76. The summed E-state index contributed by atoms with van der Waals surface area (Å²) in [5, 5.41) is 16.6. The van der Waals surface area contributed by atoms with Crippen molar-refractivity contribution in [1.29, 1.82) is 0 Å². The van der Waals surface area contributed by atoms with Gasteiger partial charge in [-0.15, -0.1) is 0 Å². The lowest BCUT2D eigenvalue weighted by molar-refractivity contribution is -0.0523. The minimum Gasteiger partial charge on any atom is -0.465 e. The topological polar surface area (TPSA) is 103 Å². The van der Waals surface area contributed by atoms with Crippen molar-refractivity contribution in [2.45, 2.75) is 50.7 Å². The molecule has 0 aromatic carbocycles. The van der Waals surface area contributed by atoms with Gasteiger partial charge in [0.25, 0.3) is 0 Å². The summed E-state index contributed by atoms with van der Waals surface area (Å²) in [6.45, 7) is 1.66. The first kappa shape index (κ1) is 19.3. The van der Waals surface area contributed by atoms with Gasteiger partial charge in [0, 0.05) is 38.5 Å². The lowest BCUT2D eigenvalue weighted by Gasteiger charge is -2.34. The minimum absolute atomic E-state index is 0.0127. The SMILES string of the molecule is O=C1NCCN1Cc1cnn2cc(CN(C(=O)O)C3CCC(F)(F)CC3)nc2c1. The van der Waals surface area contributed by atoms with E-state index in [1.807, 2.05) is 0 Å². The van der Waals surface area contributed by atoms with Gasteiger partial charge < -0.3 is 15.3 Å². The number of nitrogens with one attached hydrogen (secondary N) is 1. The van der Waals surface area contributed by atoms with E-state index in [2.05, 4.69) is 15.4 Å². The number of carbonyl (C=O) groups excluding carboxylic acids is 1. The van der Waals surface area contributed by atoms with Crippen molar-refractivity contribution in [1.82, 2.24) is 29.7 Å². The van der Waals surface area contributed by atoms with Gasteiger partial charge in [-0.3, -0.25) is 4.90 Å². The zero-order chi connectivity index (χ0) is 20.6. The van der Waals surface area contributed by atoms with Crippen LogP contribution in [0.1, 0.15) is 36.9 Å². The van der Waals surface area contributed by atoms with Crippen LogP contribution in [0.25, 0.3) is 5.65 Å². The zero-order valence-electron chi connectivity index (χ0n) is 15.7. The smallest absolute Gasteiger partial charge is 0.407 e. The fourth-order valence-electron chi connectivity index (χ4n) is 3.87. The summed E-state index contributed by atoms with van der Waals surface area (Å²) in [5.41, 5.74) is 1.85. The van der Waals surface area contributed by atoms with Crippen molar-refractivity contribution < 1.29 is 23.5 Å². The molecule has 3 heterocycles. The first-order valence-corrected chi connectivity index (χ1v) is 9.54. The molecule has 11 heteroatoms. The van der Waals surface area contributed by atoms with E-state index in [0.717, 1.165) is 5.56 Å². The highest BCUT2D eigenvalue weighted by Crippen LogP contribution is 2.35. The third kappa shape index (κ3) is 4.22. The van der Waals surface area contributed by atoms with Crippen LogP contribution in [0.3, 0.4) is 0 Å². The third-order valence-electron chi connectivity index (χ3n) is 5.45. The van der Waals surface area contributed by atoms with Crippen molar-refractivity contribution in [3.8, 4) is 0 Å². The minimum atomic E-state index is -2.71. The van der Waals surface area contributed by atoms with Gasteiger partial charge in [0.2, 0.25) is 5.92 Å². The number of alkyl halides is 2. The number of nitrogens with zero attached hydrogens (tertiary/aromatic N) is 5. The molecule has 0 spiro atoms. The molecule has 3 amide bonds. The summed E-state index contributed by atoms with van der Waals surface area (Å²) in [4.78, 5) is 30.7. The van der Waals surface area contributed by atoms with Crippen molar-refractivity contribution in [3.63, 3.8) is 0 Å². The molecule has 29 heavy (non-hydrogen) atoms. The van der Waals surface area contributed by atoms with Crippen molar-refractivity contribution in [2.75, 3.05) is 13.1 Å². The van der Waals surface area contributed by atoms with Crippen LogP contribution in [-0.2, 0) is 13.1 Å². The number of imidazole rings is 1. The molecule has 2 aromatic heterocycles. The van der Waals surface area contributed by atoms with Crippen LogP contribution in [0.2, 0.25) is 0 Å². The molecule has 1 saturated heterocycles. The standard InChI is InChI=1S/C18H22F2N6O3/c19-18(20)3-1-14(2-4-18)25(17(28)29)10-13-11-26-15(23-13)7-12(8-22-26)9-24-6-5-21-16(24)27/h7-8,11,14H,1-6,9-10H2,(H,21,27)(H,28,29). The monoisotopic (exact) mass is 408 g/mol. The molecular weight excluding hydrogens is 386 g/mol. The van der Waals surface area contributed by atoms with E-state index in [1.54, 1.807) is 23.4 Å². The summed E-state index contributed by atoms with van der Waals surface area (Å²) >= 11 is 0. The third-order valence-corrected chi connectivity index (χ3v) is 5.45.